The van der Waals surface area contributed by atoms with Crippen LogP contribution in [0.2, 0.25) is 0 Å². The number of rotatable bonds is 3. The first-order valence-corrected chi connectivity index (χ1v) is 7.21. The highest BCUT2D eigenvalue weighted by molar-refractivity contribution is 8.00. The Kier molecular flexibility index (Phi) is 4.10. The molecule has 1 aromatic heterocycles. The van der Waals surface area contributed by atoms with Crippen LogP contribution in [0, 0.1) is 0 Å². The third kappa shape index (κ3) is 2.83. The molecule has 1 fully saturated rings. The van der Waals surface area contributed by atoms with Crippen LogP contribution in [-0.2, 0) is 0 Å². The minimum Gasteiger partial charge on any atom is -0.369 e. The van der Waals surface area contributed by atoms with Gasteiger partial charge in [0, 0.05) is 30.1 Å². The van der Waals surface area contributed by atoms with Crippen molar-refractivity contribution in [1.82, 2.24) is 9.97 Å². The van der Waals surface area contributed by atoms with Crippen molar-refractivity contribution in [3.8, 4) is 0 Å². The second-order valence-electron chi connectivity index (χ2n) is 4.30. The highest BCUT2D eigenvalue weighted by Crippen LogP contribution is 2.27. The van der Waals surface area contributed by atoms with E-state index in [0.717, 1.165) is 24.7 Å². The van der Waals surface area contributed by atoms with Crippen molar-refractivity contribution in [2.24, 2.45) is 0 Å². The molecule has 1 aliphatic rings. The smallest absolute Gasteiger partial charge is 0.149 e. The number of nitrogens with zero attached hydrogens (tertiary/aromatic N) is 3. The maximum atomic E-state index is 4.61. The quantitative estimate of drug-likeness (QED) is 0.893. The molecule has 1 N–H and O–H groups in total. The lowest BCUT2D eigenvalue weighted by Gasteiger charge is -2.38. The lowest BCUT2D eigenvalue weighted by Crippen LogP contribution is -2.45. The first kappa shape index (κ1) is 12.5. The summed E-state index contributed by atoms with van der Waals surface area (Å²) in [5.41, 5.74) is 0. The average molecular weight is 252 g/mol. The van der Waals surface area contributed by atoms with Gasteiger partial charge in [0.15, 0.2) is 0 Å². The van der Waals surface area contributed by atoms with Crippen molar-refractivity contribution in [1.29, 1.82) is 0 Å². The van der Waals surface area contributed by atoms with Crippen LogP contribution in [0.4, 0.5) is 11.6 Å². The number of anilines is 2. The Morgan fingerprint density at radius 3 is 3.06 bits per heavy atom. The molecule has 17 heavy (non-hydrogen) atoms. The summed E-state index contributed by atoms with van der Waals surface area (Å²) in [6, 6.07) is 0.514. The van der Waals surface area contributed by atoms with E-state index >= 15 is 0 Å². The van der Waals surface area contributed by atoms with Gasteiger partial charge in [0.2, 0.25) is 0 Å². The van der Waals surface area contributed by atoms with Gasteiger partial charge in [-0.15, -0.1) is 0 Å². The second kappa shape index (κ2) is 5.58. The van der Waals surface area contributed by atoms with Gasteiger partial charge in [0.25, 0.3) is 0 Å². The Balaban J connectivity index is 2.17. The molecular formula is C12H20N4S. The van der Waals surface area contributed by atoms with E-state index in [-0.39, 0.29) is 0 Å². The second-order valence-corrected chi connectivity index (χ2v) is 5.79. The minimum absolute atomic E-state index is 0.514. The number of hydrogen-bond donors (Lipinski definition) is 1. The molecule has 0 amide bonds. The third-order valence-electron chi connectivity index (χ3n) is 3.16. The summed E-state index contributed by atoms with van der Waals surface area (Å²) in [5, 5.41) is 3.85. The van der Waals surface area contributed by atoms with E-state index in [0.29, 0.717) is 11.3 Å². The summed E-state index contributed by atoms with van der Waals surface area (Å²) in [4.78, 5) is 11.2. The maximum Gasteiger partial charge on any atom is 0.149 e. The van der Waals surface area contributed by atoms with E-state index in [1.54, 1.807) is 6.20 Å². The van der Waals surface area contributed by atoms with Gasteiger partial charge in [-0.1, -0.05) is 6.92 Å². The Labute approximate surface area is 107 Å². The fourth-order valence-electron chi connectivity index (χ4n) is 2.02. The molecule has 1 saturated heterocycles. The van der Waals surface area contributed by atoms with Crippen LogP contribution in [0.15, 0.2) is 12.4 Å². The van der Waals surface area contributed by atoms with E-state index in [1.165, 1.54) is 5.75 Å². The molecule has 2 unspecified atom stereocenters. The van der Waals surface area contributed by atoms with Gasteiger partial charge in [-0.05, 0) is 13.8 Å². The minimum atomic E-state index is 0.514. The standard InChI is InChI=1S/C12H20N4S/c1-4-14-11-7-13-8-12(15-11)16-5-6-17-10(3)9(16)2/h7-10H,4-6H2,1-3H3,(H,14,15). The topological polar surface area (TPSA) is 41.1 Å². The summed E-state index contributed by atoms with van der Waals surface area (Å²) in [6.45, 7) is 8.54. The Bertz CT molecular complexity index is 371. The Morgan fingerprint density at radius 1 is 1.47 bits per heavy atom. The van der Waals surface area contributed by atoms with E-state index in [1.807, 2.05) is 18.0 Å². The van der Waals surface area contributed by atoms with Crippen molar-refractivity contribution >= 4 is 23.4 Å². The largest absolute Gasteiger partial charge is 0.369 e. The van der Waals surface area contributed by atoms with Gasteiger partial charge in [-0.25, -0.2) is 4.98 Å². The Hall–Kier alpha value is -0.970. The van der Waals surface area contributed by atoms with Crippen LogP contribution in [0.1, 0.15) is 20.8 Å². The van der Waals surface area contributed by atoms with Crippen LogP contribution in [-0.4, -0.2) is 40.1 Å². The van der Waals surface area contributed by atoms with Crippen molar-refractivity contribution in [3.05, 3.63) is 12.4 Å². The van der Waals surface area contributed by atoms with Crippen LogP contribution in [0.25, 0.3) is 0 Å². The van der Waals surface area contributed by atoms with Crippen molar-refractivity contribution < 1.29 is 0 Å². The van der Waals surface area contributed by atoms with Crippen molar-refractivity contribution in [2.45, 2.75) is 32.1 Å². The SMILES string of the molecule is CCNc1cncc(N2CCSC(C)C2C)n1. The van der Waals surface area contributed by atoms with Gasteiger partial charge >= 0.3 is 0 Å². The van der Waals surface area contributed by atoms with E-state index in [9.17, 15) is 0 Å². The zero-order valence-electron chi connectivity index (χ0n) is 10.7. The molecule has 2 heterocycles. The van der Waals surface area contributed by atoms with Gasteiger partial charge in [-0.2, -0.15) is 11.8 Å². The molecule has 1 aliphatic heterocycles. The summed E-state index contributed by atoms with van der Waals surface area (Å²) in [6.07, 6.45) is 3.64. The number of thioether (sulfide) groups is 1. The molecule has 5 heteroatoms. The highest BCUT2D eigenvalue weighted by atomic mass is 32.2. The molecule has 0 aliphatic carbocycles. The van der Waals surface area contributed by atoms with Crippen molar-refractivity contribution in [3.63, 3.8) is 0 Å². The lowest BCUT2D eigenvalue weighted by atomic mass is 10.2. The predicted octanol–water partition coefficient (Wildman–Crippen LogP) is 2.24. The molecule has 2 atom stereocenters. The van der Waals surface area contributed by atoms with E-state index in [2.05, 4.69) is 41.0 Å². The molecule has 0 spiro atoms. The zero-order chi connectivity index (χ0) is 12.3. The molecule has 2 rings (SSSR count). The molecule has 0 bridgehead atoms. The van der Waals surface area contributed by atoms with Crippen molar-refractivity contribution in [2.75, 3.05) is 29.1 Å². The van der Waals surface area contributed by atoms with E-state index in [4.69, 9.17) is 0 Å². The average Bonchev–Trinajstić information content (AvgIpc) is 2.33. The van der Waals surface area contributed by atoms with Crippen LogP contribution >= 0.6 is 11.8 Å². The zero-order valence-corrected chi connectivity index (χ0v) is 11.5. The summed E-state index contributed by atoms with van der Waals surface area (Å²) in [7, 11) is 0. The lowest BCUT2D eigenvalue weighted by molar-refractivity contribution is 0.619. The summed E-state index contributed by atoms with van der Waals surface area (Å²) in [5.74, 6) is 3.02. The van der Waals surface area contributed by atoms with Gasteiger partial charge in [0.1, 0.15) is 11.6 Å². The molecule has 0 saturated carbocycles. The Morgan fingerprint density at radius 2 is 2.29 bits per heavy atom. The monoisotopic (exact) mass is 252 g/mol. The predicted molar refractivity (Wildman–Crippen MR) is 74.9 cm³/mol. The van der Waals surface area contributed by atoms with Gasteiger partial charge in [0.05, 0.1) is 12.4 Å². The molecule has 1 aromatic rings. The fourth-order valence-corrected chi connectivity index (χ4v) is 3.12. The highest BCUT2D eigenvalue weighted by Gasteiger charge is 2.26. The number of hydrogen-bond acceptors (Lipinski definition) is 5. The third-order valence-corrected chi connectivity index (χ3v) is 4.50. The van der Waals surface area contributed by atoms with Crippen LogP contribution in [0.5, 0.6) is 0 Å². The molecule has 4 nitrogen and oxygen atoms in total. The summed E-state index contributed by atoms with van der Waals surface area (Å²) >= 11 is 2.03. The maximum absolute atomic E-state index is 4.61. The van der Waals surface area contributed by atoms with Gasteiger partial charge < -0.3 is 10.2 Å². The fraction of sp³-hybridized carbons (Fsp3) is 0.667. The first-order valence-electron chi connectivity index (χ1n) is 6.16. The molecule has 0 radical (unpaired) electrons. The molecule has 0 aromatic carbocycles. The van der Waals surface area contributed by atoms with Crippen LogP contribution < -0.4 is 10.2 Å². The molecular weight excluding hydrogens is 232 g/mol. The summed E-state index contributed by atoms with van der Waals surface area (Å²) < 4.78 is 0. The first-order chi connectivity index (χ1) is 8.22. The van der Waals surface area contributed by atoms with E-state index < -0.39 is 0 Å². The normalized spacial score (nSPS) is 24.8. The van der Waals surface area contributed by atoms with Gasteiger partial charge in [-0.3, -0.25) is 4.98 Å². The van der Waals surface area contributed by atoms with Crippen LogP contribution in [0.3, 0.4) is 0 Å². The number of nitrogens with one attached hydrogen (secondary N) is 1. The molecule has 94 valence electrons. The number of aromatic nitrogens is 2.